The molecule has 1 aromatic carbocycles. The van der Waals surface area contributed by atoms with Crippen LogP contribution in [0.5, 0.6) is 0 Å². The molecule has 16 heavy (non-hydrogen) atoms. The maximum atomic E-state index is 5.94. The molecule has 0 radical (unpaired) electrons. The first kappa shape index (κ1) is 11.8. The first-order valence-corrected chi connectivity index (χ1v) is 7.20. The van der Waals surface area contributed by atoms with Crippen LogP contribution in [-0.2, 0) is 12.4 Å². The van der Waals surface area contributed by atoms with Gasteiger partial charge < -0.3 is 4.57 Å². The number of benzene rings is 1. The molecule has 0 spiro atoms. The molecule has 0 aliphatic carbocycles. The maximum absolute atomic E-state index is 5.94. The van der Waals surface area contributed by atoms with Crippen molar-refractivity contribution in [3.63, 3.8) is 0 Å². The fourth-order valence-corrected chi connectivity index (χ4v) is 2.44. The number of hydrogen-bond donors (Lipinski definition) is 0. The molecule has 0 saturated carbocycles. The summed E-state index contributed by atoms with van der Waals surface area (Å²) in [6.07, 6.45) is 2.12. The van der Waals surface area contributed by atoms with Gasteiger partial charge in [-0.3, -0.25) is 0 Å². The highest BCUT2D eigenvalue weighted by molar-refractivity contribution is 7.98. The SMILES string of the molecule is CSCCn1c(CCl)nc2c(C)cccc21. The molecule has 1 heterocycles. The third kappa shape index (κ3) is 2.06. The van der Waals surface area contributed by atoms with Crippen molar-refractivity contribution < 1.29 is 0 Å². The van der Waals surface area contributed by atoms with E-state index < -0.39 is 0 Å². The fraction of sp³-hybridized carbons (Fsp3) is 0.417. The average molecular weight is 255 g/mol. The Bertz CT molecular complexity index is 493. The van der Waals surface area contributed by atoms with Gasteiger partial charge in [-0.1, -0.05) is 12.1 Å². The normalized spacial score (nSPS) is 11.2. The van der Waals surface area contributed by atoms with E-state index in [2.05, 4.69) is 40.9 Å². The molecule has 0 aliphatic rings. The van der Waals surface area contributed by atoms with Gasteiger partial charge in [-0.2, -0.15) is 11.8 Å². The van der Waals surface area contributed by atoms with E-state index in [0.29, 0.717) is 5.88 Å². The predicted octanol–water partition coefficient (Wildman–Crippen LogP) is 3.45. The molecule has 2 rings (SSSR count). The lowest BCUT2D eigenvalue weighted by atomic mass is 10.2. The smallest absolute Gasteiger partial charge is 0.124 e. The minimum Gasteiger partial charge on any atom is -0.326 e. The topological polar surface area (TPSA) is 17.8 Å². The van der Waals surface area contributed by atoms with E-state index >= 15 is 0 Å². The highest BCUT2D eigenvalue weighted by Crippen LogP contribution is 2.21. The number of hydrogen-bond acceptors (Lipinski definition) is 2. The molecule has 0 N–H and O–H groups in total. The van der Waals surface area contributed by atoms with Crippen LogP contribution in [0.4, 0.5) is 0 Å². The molecule has 86 valence electrons. The van der Waals surface area contributed by atoms with Crippen molar-refractivity contribution in [3.05, 3.63) is 29.6 Å². The Kier molecular flexibility index (Phi) is 3.77. The minimum atomic E-state index is 0.475. The van der Waals surface area contributed by atoms with Crippen LogP contribution < -0.4 is 0 Å². The van der Waals surface area contributed by atoms with E-state index in [1.165, 1.54) is 11.1 Å². The molecule has 0 bridgehead atoms. The molecule has 2 aromatic rings. The molecule has 1 aromatic heterocycles. The van der Waals surface area contributed by atoms with Gasteiger partial charge in [0.1, 0.15) is 5.82 Å². The van der Waals surface area contributed by atoms with Gasteiger partial charge in [0.05, 0.1) is 16.9 Å². The lowest BCUT2D eigenvalue weighted by Gasteiger charge is -2.06. The van der Waals surface area contributed by atoms with Crippen LogP contribution in [0.15, 0.2) is 18.2 Å². The lowest BCUT2D eigenvalue weighted by molar-refractivity contribution is 0.755. The summed E-state index contributed by atoms with van der Waals surface area (Å²) < 4.78 is 2.23. The first-order chi connectivity index (χ1) is 7.77. The van der Waals surface area contributed by atoms with Crippen LogP contribution in [0.25, 0.3) is 11.0 Å². The standard InChI is InChI=1S/C12H15ClN2S/c1-9-4-3-5-10-12(9)14-11(8-13)15(10)6-7-16-2/h3-5H,6-8H2,1-2H3. The monoisotopic (exact) mass is 254 g/mol. The number of rotatable bonds is 4. The fourth-order valence-electron chi connectivity index (χ4n) is 1.87. The van der Waals surface area contributed by atoms with Crippen molar-refractivity contribution in [2.24, 2.45) is 0 Å². The molecule has 0 aliphatic heterocycles. The zero-order chi connectivity index (χ0) is 11.5. The second-order valence-electron chi connectivity index (χ2n) is 3.75. The van der Waals surface area contributed by atoms with Crippen molar-refractivity contribution >= 4 is 34.4 Å². The summed E-state index contributed by atoms with van der Waals surface area (Å²) in [4.78, 5) is 4.61. The summed E-state index contributed by atoms with van der Waals surface area (Å²) in [6, 6.07) is 6.28. The van der Waals surface area contributed by atoms with Crippen LogP contribution in [0.3, 0.4) is 0 Å². The Hall–Kier alpha value is -0.670. The van der Waals surface area contributed by atoms with Gasteiger partial charge in [-0.15, -0.1) is 11.6 Å². The highest BCUT2D eigenvalue weighted by Gasteiger charge is 2.10. The van der Waals surface area contributed by atoms with Gasteiger partial charge in [0.25, 0.3) is 0 Å². The maximum Gasteiger partial charge on any atom is 0.124 e. The van der Waals surface area contributed by atoms with Crippen LogP contribution in [0.2, 0.25) is 0 Å². The van der Waals surface area contributed by atoms with Gasteiger partial charge >= 0.3 is 0 Å². The van der Waals surface area contributed by atoms with Gasteiger partial charge in [0, 0.05) is 12.3 Å². The largest absolute Gasteiger partial charge is 0.326 e. The molecule has 0 unspecified atom stereocenters. The second kappa shape index (κ2) is 5.11. The van der Waals surface area contributed by atoms with Crippen LogP contribution in [0, 0.1) is 6.92 Å². The molecule has 0 amide bonds. The van der Waals surface area contributed by atoms with E-state index in [1.807, 2.05) is 11.8 Å². The summed E-state index contributed by atoms with van der Waals surface area (Å²) in [7, 11) is 0. The van der Waals surface area contributed by atoms with Crippen molar-refractivity contribution in [2.45, 2.75) is 19.3 Å². The number of alkyl halides is 1. The summed E-state index contributed by atoms with van der Waals surface area (Å²) in [6.45, 7) is 3.06. The van der Waals surface area contributed by atoms with Crippen molar-refractivity contribution in [2.75, 3.05) is 12.0 Å². The Morgan fingerprint density at radius 2 is 2.25 bits per heavy atom. The number of aromatic nitrogens is 2. The molecule has 0 saturated heterocycles. The minimum absolute atomic E-state index is 0.475. The van der Waals surface area contributed by atoms with Crippen molar-refractivity contribution in [3.8, 4) is 0 Å². The number of nitrogens with zero attached hydrogens (tertiary/aromatic N) is 2. The number of thioether (sulfide) groups is 1. The highest BCUT2D eigenvalue weighted by atomic mass is 35.5. The predicted molar refractivity (Wildman–Crippen MR) is 72.4 cm³/mol. The zero-order valence-corrected chi connectivity index (χ0v) is 11.1. The molecule has 4 heteroatoms. The van der Waals surface area contributed by atoms with Crippen LogP contribution in [-0.4, -0.2) is 21.6 Å². The zero-order valence-electron chi connectivity index (χ0n) is 9.53. The first-order valence-electron chi connectivity index (χ1n) is 5.27. The number of para-hydroxylation sites is 1. The summed E-state index contributed by atoms with van der Waals surface area (Å²) in [5.74, 6) is 2.53. The van der Waals surface area contributed by atoms with E-state index in [0.717, 1.165) is 23.6 Å². The molecule has 0 fully saturated rings. The van der Waals surface area contributed by atoms with Crippen molar-refractivity contribution in [1.82, 2.24) is 9.55 Å². The summed E-state index contributed by atoms with van der Waals surface area (Å²) >= 11 is 7.78. The Morgan fingerprint density at radius 1 is 1.44 bits per heavy atom. The molecular formula is C12H15ClN2S. The Morgan fingerprint density at radius 3 is 2.94 bits per heavy atom. The summed E-state index contributed by atoms with van der Waals surface area (Å²) in [5.41, 5.74) is 3.50. The van der Waals surface area contributed by atoms with Gasteiger partial charge in [0.2, 0.25) is 0 Å². The average Bonchev–Trinajstić information content (AvgIpc) is 2.66. The molecule has 2 nitrogen and oxygen atoms in total. The van der Waals surface area contributed by atoms with Crippen LogP contribution >= 0.6 is 23.4 Å². The Labute approximate surface area is 105 Å². The Balaban J connectivity index is 2.54. The summed E-state index contributed by atoms with van der Waals surface area (Å²) in [5, 5.41) is 0. The number of aryl methyl sites for hydroxylation is 2. The van der Waals surface area contributed by atoms with Gasteiger partial charge in [0.15, 0.2) is 0 Å². The van der Waals surface area contributed by atoms with Gasteiger partial charge in [-0.05, 0) is 24.8 Å². The number of halogens is 1. The number of imidazole rings is 1. The van der Waals surface area contributed by atoms with E-state index in [9.17, 15) is 0 Å². The second-order valence-corrected chi connectivity index (χ2v) is 5.00. The van der Waals surface area contributed by atoms with E-state index in [-0.39, 0.29) is 0 Å². The third-order valence-electron chi connectivity index (χ3n) is 2.70. The lowest BCUT2D eigenvalue weighted by Crippen LogP contribution is -2.04. The quantitative estimate of drug-likeness (QED) is 0.778. The van der Waals surface area contributed by atoms with Crippen LogP contribution in [0.1, 0.15) is 11.4 Å². The van der Waals surface area contributed by atoms with E-state index in [1.54, 1.807) is 0 Å². The van der Waals surface area contributed by atoms with Crippen molar-refractivity contribution in [1.29, 1.82) is 0 Å². The molecular weight excluding hydrogens is 240 g/mol. The molecule has 0 atom stereocenters. The van der Waals surface area contributed by atoms with Gasteiger partial charge in [-0.25, -0.2) is 4.98 Å². The van der Waals surface area contributed by atoms with E-state index in [4.69, 9.17) is 11.6 Å². The third-order valence-corrected chi connectivity index (χ3v) is 3.53. The number of fused-ring (bicyclic) bond motifs is 1.